The van der Waals surface area contributed by atoms with Gasteiger partial charge in [0.1, 0.15) is 17.2 Å². The van der Waals surface area contributed by atoms with Gasteiger partial charge < -0.3 is 14.8 Å². The molecule has 2 aromatic carbocycles. The molecule has 1 heterocycles. The quantitative estimate of drug-likeness (QED) is 0.630. The molecule has 0 unspecified atom stereocenters. The molecule has 3 aromatic rings. The van der Waals surface area contributed by atoms with Gasteiger partial charge in [-0.25, -0.2) is 0 Å². The summed E-state index contributed by atoms with van der Waals surface area (Å²) in [6.45, 7) is 2.12. The predicted octanol–water partition coefficient (Wildman–Crippen LogP) is 5.01. The van der Waals surface area contributed by atoms with E-state index < -0.39 is 6.36 Å². The van der Waals surface area contributed by atoms with E-state index >= 15 is 0 Å². The van der Waals surface area contributed by atoms with Crippen LogP contribution in [0.25, 0.3) is 0 Å². The van der Waals surface area contributed by atoms with Crippen molar-refractivity contribution in [1.82, 2.24) is 10.3 Å². The number of ether oxygens (including phenoxy) is 2. The van der Waals surface area contributed by atoms with Gasteiger partial charge in [0.15, 0.2) is 0 Å². The summed E-state index contributed by atoms with van der Waals surface area (Å²) in [7, 11) is 0. The lowest BCUT2D eigenvalue weighted by molar-refractivity contribution is -0.274. The van der Waals surface area contributed by atoms with Gasteiger partial charge in [-0.2, -0.15) is 0 Å². The fraction of sp³-hybridized carbons (Fsp3) is 0.143. The van der Waals surface area contributed by atoms with E-state index in [0.29, 0.717) is 17.1 Å². The maximum Gasteiger partial charge on any atom is 0.573 e. The molecule has 29 heavy (non-hydrogen) atoms. The zero-order valence-corrected chi connectivity index (χ0v) is 15.4. The van der Waals surface area contributed by atoms with Crippen LogP contribution in [0.1, 0.15) is 21.6 Å². The molecule has 0 fully saturated rings. The standard InChI is InChI=1S/C21H17F3N2O3/c1-14-5-6-16(13-25-14)20(27)26-12-15-3-2-4-19(11-15)28-17-7-9-18(10-8-17)29-21(22,23)24/h2-11,13H,12H2,1H3,(H,26,27). The molecule has 0 aliphatic rings. The molecule has 0 aliphatic carbocycles. The number of hydrogen-bond acceptors (Lipinski definition) is 4. The summed E-state index contributed by atoms with van der Waals surface area (Å²) in [4.78, 5) is 16.3. The number of aromatic nitrogens is 1. The van der Waals surface area contributed by atoms with Crippen LogP contribution in [0, 0.1) is 6.92 Å². The monoisotopic (exact) mass is 402 g/mol. The SMILES string of the molecule is Cc1ccc(C(=O)NCc2cccc(Oc3ccc(OC(F)(F)F)cc3)c2)cn1. The third kappa shape index (κ3) is 6.24. The van der Waals surface area contributed by atoms with E-state index in [2.05, 4.69) is 15.0 Å². The Balaban J connectivity index is 1.59. The second kappa shape index (κ2) is 8.64. The lowest BCUT2D eigenvalue weighted by atomic mass is 10.2. The van der Waals surface area contributed by atoms with Crippen molar-refractivity contribution < 1.29 is 27.4 Å². The minimum atomic E-state index is -4.74. The van der Waals surface area contributed by atoms with Crippen LogP contribution in [0.3, 0.4) is 0 Å². The zero-order chi connectivity index (χ0) is 20.9. The number of amides is 1. The highest BCUT2D eigenvalue weighted by atomic mass is 19.4. The van der Waals surface area contributed by atoms with Crippen LogP contribution >= 0.6 is 0 Å². The van der Waals surface area contributed by atoms with E-state index in [1.54, 1.807) is 30.3 Å². The number of nitrogens with zero attached hydrogens (tertiary/aromatic N) is 1. The van der Waals surface area contributed by atoms with Crippen molar-refractivity contribution in [3.63, 3.8) is 0 Å². The fourth-order valence-electron chi connectivity index (χ4n) is 2.45. The average Bonchev–Trinajstić information content (AvgIpc) is 2.67. The van der Waals surface area contributed by atoms with Crippen LogP contribution in [-0.4, -0.2) is 17.3 Å². The molecule has 0 radical (unpaired) electrons. The number of pyridine rings is 1. The molecule has 8 heteroatoms. The molecule has 0 saturated carbocycles. The first-order chi connectivity index (χ1) is 13.8. The Morgan fingerprint density at radius 1 is 1.00 bits per heavy atom. The Hall–Kier alpha value is -3.55. The molecule has 150 valence electrons. The second-order valence-corrected chi connectivity index (χ2v) is 6.14. The third-order valence-corrected chi connectivity index (χ3v) is 3.82. The summed E-state index contributed by atoms with van der Waals surface area (Å²) in [5.74, 6) is 0.265. The van der Waals surface area contributed by atoms with Crippen LogP contribution in [0.4, 0.5) is 13.2 Å². The maximum absolute atomic E-state index is 12.2. The first-order valence-corrected chi connectivity index (χ1v) is 8.62. The lowest BCUT2D eigenvalue weighted by Crippen LogP contribution is -2.22. The highest BCUT2D eigenvalue weighted by Gasteiger charge is 2.30. The van der Waals surface area contributed by atoms with Crippen molar-refractivity contribution in [3.8, 4) is 17.2 Å². The number of hydrogen-bond donors (Lipinski definition) is 1. The molecule has 0 atom stereocenters. The molecule has 5 nitrogen and oxygen atoms in total. The number of carbonyl (C=O) groups excluding carboxylic acids is 1. The van der Waals surface area contributed by atoms with Crippen molar-refractivity contribution >= 4 is 5.91 Å². The van der Waals surface area contributed by atoms with Gasteiger partial charge in [-0.3, -0.25) is 9.78 Å². The van der Waals surface area contributed by atoms with E-state index in [9.17, 15) is 18.0 Å². The first kappa shape index (κ1) is 20.2. The molecule has 3 rings (SSSR count). The first-order valence-electron chi connectivity index (χ1n) is 8.62. The van der Waals surface area contributed by atoms with Crippen molar-refractivity contribution in [2.45, 2.75) is 19.8 Å². The summed E-state index contributed by atoms with van der Waals surface area (Å²) in [5.41, 5.74) is 2.08. The van der Waals surface area contributed by atoms with Gasteiger partial charge in [0.25, 0.3) is 5.91 Å². The fourth-order valence-corrected chi connectivity index (χ4v) is 2.45. The summed E-state index contributed by atoms with van der Waals surface area (Å²) in [5, 5.41) is 2.80. The number of alkyl halides is 3. The number of carbonyl (C=O) groups is 1. The Morgan fingerprint density at radius 3 is 2.38 bits per heavy atom. The Labute approximate surface area is 165 Å². The van der Waals surface area contributed by atoms with Crippen molar-refractivity contribution in [2.24, 2.45) is 0 Å². The van der Waals surface area contributed by atoms with E-state index in [-0.39, 0.29) is 18.2 Å². The predicted molar refractivity (Wildman–Crippen MR) is 99.8 cm³/mol. The van der Waals surface area contributed by atoms with E-state index in [0.717, 1.165) is 11.3 Å². The molecule has 0 aliphatic heterocycles. The number of halogens is 3. The van der Waals surface area contributed by atoms with Crippen LogP contribution in [0.5, 0.6) is 17.2 Å². The van der Waals surface area contributed by atoms with Crippen molar-refractivity contribution in [1.29, 1.82) is 0 Å². The minimum absolute atomic E-state index is 0.246. The normalized spacial score (nSPS) is 11.0. The third-order valence-electron chi connectivity index (χ3n) is 3.82. The largest absolute Gasteiger partial charge is 0.573 e. The molecule has 0 spiro atoms. The molecule has 0 bridgehead atoms. The minimum Gasteiger partial charge on any atom is -0.457 e. The van der Waals surface area contributed by atoms with Crippen molar-refractivity contribution in [2.75, 3.05) is 0 Å². The van der Waals surface area contributed by atoms with E-state index in [4.69, 9.17) is 4.74 Å². The van der Waals surface area contributed by atoms with Gasteiger partial charge >= 0.3 is 6.36 Å². The van der Waals surface area contributed by atoms with E-state index in [1.165, 1.54) is 30.5 Å². The number of aryl methyl sites for hydroxylation is 1. The second-order valence-electron chi connectivity index (χ2n) is 6.14. The topological polar surface area (TPSA) is 60.5 Å². The van der Waals surface area contributed by atoms with Gasteiger partial charge in [0.05, 0.1) is 5.56 Å². The number of nitrogens with one attached hydrogen (secondary N) is 1. The van der Waals surface area contributed by atoms with Gasteiger partial charge in [-0.05, 0) is 61.0 Å². The summed E-state index contributed by atoms with van der Waals surface area (Å²) >= 11 is 0. The lowest BCUT2D eigenvalue weighted by Gasteiger charge is -2.11. The van der Waals surface area contributed by atoms with Crippen LogP contribution < -0.4 is 14.8 Å². The summed E-state index contributed by atoms with van der Waals surface area (Å²) in [6, 6.07) is 15.6. The van der Waals surface area contributed by atoms with Crippen molar-refractivity contribution in [3.05, 3.63) is 83.7 Å². The summed E-state index contributed by atoms with van der Waals surface area (Å²) < 4.78 is 46.1. The smallest absolute Gasteiger partial charge is 0.457 e. The Morgan fingerprint density at radius 2 is 1.72 bits per heavy atom. The highest BCUT2D eigenvalue weighted by molar-refractivity contribution is 5.93. The maximum atomic E-state index is 12.2. The number of benzene rings is 2. The average molecular weight is 402 g/mol. The molecule has 0 saturated heterocycles. The Kier molecular flexibility index (Phi) is 6.01. The summed E-state index contributed by atoms with van der Waals surface area (Å²) in [6.07, 6.45) is -3.23. The number of rotatable bonds is 6. The molecule has 1 N–H and O–H groups in total. The van der Waals surface area contributed by atoms with Gasteiger partial charge in [0.2, 0.25) is 0 Å². The van der Waals surface area contributed by atoms with Gasteiger partial charge in [0, 0.05) is 18.4 Å². The van der Waals surface area contributed by atoms with Crippen LogP contribution in [0.2, 0.25) is 0 Å². The van der Waals surface area contributed by atoms with Crippen LogP contribution in [0.15, 0.2) is 66.9 Å². The Bertz CT molecular complexity index is 972. The van der Waals surface area contributed by atoms with Crippen LogP contribution in [-0.2, 0) is 6.54 Å². The molecule has 1 aromatic heterocycles. The molecule has 1 amide bonds. The molecular weight excluding hydrogens is 385 g/mol. The zero-order valence-electron chi connectivity index (χ0n) is 15.4. The van der Waals surface area contributed by atoms with E-state index in [1.807, 2.05) is 13.0 Å². The van der Waals surface area contributed by atoms with Gasteiger partial charge in [-0.1, -0.05) is 12.1 Å². The highest BCUT2D eigenvalue weighted by Crippen LogP contribution is 2.27. The molecular formula is C21H17F3N2O3. The van der Waals surface area contributed by atoms with Gasteiger partial charge in [-0.15, -0.1) is 13.2 Å².